The Bertz CT molecular complexity index is 235. The average Bonchev–Trinajstić information content (AvgIpc) is 2.45. The molecule has 0 saturated heterocycles. The zero-order chi connectivity index (χ0) is 13.9. The highest BCUT2D eigenvalue weighted by atomic mass is 16.5. The number of rotatable bonds is 9. The van der Waals surface area contributed by atoms with Crippen LogP contribution in [-0.2, 0) is 9.53 Å². The maximum absolute atomic E-state index is 12.0. The number of unbranched alkanes of at least 4 members (excludes halogenated alkanes) is 1. The summed E-state index contributed by atoms with van der Waals surface area (Å²) in [7, 11) is 0. The van der Waals surface area contributed by atoms with Crippen molar-refractivity contribution in [3.63, 3.8) is 0 Å². The molecule has 19 heavy (non-hydrogen) atoms. The van der Waals surface area contributed by atoms with Crippen molar-refractivity contribution in [2.24, 2.45) is 11.8 Å². The van der Waals surface area contributed by atoms with Crippen LogP contribution in [0.25, 0.3) is 0 Å². The van der Waals surface area contributed by atoms with Gasteiger partial charge in [-0.3, -0.25) is 4.79 Å². The van der Waals surface area contributed by atoms with E-state index in [1.165, 1.54) is 32.1 Å². The van der Waals surface area contributed by atoms with Gasteiger partial charge in [-0.15, -0.1) is 0 Å². The Morgan fingerprint density at radius 3 is 2.53 bits per heavy atom. The second-order valence-corrected chi connectivity index (χ2v) is 5.70. The van der Waals surface area contributed by atoms with Gasteiger partial charge in [0.15, 0.2) is 0 Å². The van der Waals surface area contributed by atoms with Gasteiger partial charge >= 0.3 is 0 Å². The van der Waals surface area contributed by atoms with Gasteiger partial charge in [-0.1, -0.05) is 26.2 Å². The van der Waals surface area contributed by atoms with Crippen LogP contribution in [0.2, 0.25) is 0 Å². The van der Waals surface area contributed by atoms with Gasteiger partial charge in [-0.25, -0.2) is 0 Å². The van der Waals surface area contributed by atoms with Gasteiger partial charge in [0.2, 0.25) is 5.91 Å². The SMILES string of the molecule is CCCCC1CCC(C(=O)NCCCOCC)CC1. The van der Waals surface area contributed by atoms with Gasteiger partial charge in [0, 0.05) is 25.7 Å². The maximum Gasteiger partial charge on any atom is 0.223 e. The van der Waals surface area contributed by atoms with Crippen molar-refractivity contribution in [3.05, 3.63) is 0 Å². The van der Waals surface area contributed by atoms with Crippen molar-refractivity contribution in [1.29, 1.82) is 0 Å². The zero-order valence-corrected chi connectivity index (χ0v) is 12.7. The Kier molecular flexibility index (Phi) is 8.89. The van der Waals surface area contributed by atoms with E-state index in [4.69, 9.17) is 4.74 Å². The summed E-state index contributed by atoms with van der Waals surface area (Å²) in [6, 6.07) is 0. The van der Waals surface area contributed by atoms with Crippen molar-refractivity contribution >= 4 is 5.91 Å². The summed E-state index contributed by atoms with van der Waals surface area (Å²) in [5.74, 6) is 1.41. The van der Waals surface area contributed by atoms with Gasteiger partial charge in [-0.05, 0) is 44.9 Å². The summed E-state index contributed by atoms with van der Waals surface area (Å²) in [4.78, 5) is 12.0. The Balaban J connectivity index is 2.07. The largest absolute Gasteiger partial charge is 0.382 e. The van der Waals surface area contributed by atoms with Crippen molar-refractivity contribution in [1.82, 2.24) is 5.32 Å². The van der Waals surface area contributed by atoms with Gasteiger partial charge in [0.05, 0.1) is 0 Å². The summed E-state index contributed by atoms with van der Waals surface area (Å²) in [6.45, 7) is 6.52. The van der Waals surface area contributed by atoms with Crippen LogP contribution in [-0.4, -0.2) is 25.7 Å². The number of hydrogen-bond acceptors (Lipinski definition) is 2. The van der Waals surface area contributed by atoms with Crippen molar-refractivity contribution in [2.75, 3.05) is 19.8 Å². The normalized spacial score (nSPS) is 23.3. The number of hydrogen-bond donors (Lipinski definition) is 1. The first-order valence-corrected chi connectivity index (χ1v) is 8.13. The van der Waals surface area contributed by atoms with E-state index in [-0.39, 0.29) is 11.8 Å². The van der Waals surface area contributed by atoms with Crippen molar-refractivity contribution < 1.29 is 9.53 Å². The molecule has 3 heteroatoms. The lowest BCUT2D eigenvalue weighted by Gasteiger charge is -2.27. The minimum atomic E-state index is 0.268. The topological polar surface area (TPSA) is 38.3 Å². The van der Waals surface area contributed by atoms with Crippen LogP contribution in [0.4, 0.5) is 0 Å². The Morgan fingerprint density at radius 1 is 1.16 bits per heavy atom. The zero-order valence-electron chi connectivity index (χ0n) is 12.7. The summed E-state index contributed by atoms with van der Waals surface area (Å²) >= 11 is 0. The Hall–Kier alpha value is -0.570. The van der Waals surface area contributed by atoms with Gasteiger partial charge in [0.25, 0.3) is 0 Å². The fourth-order valence-electron chi connectivity index (χ4n) is 2.88. The molecule has 0 aliphatic heterocycles. The highest BCUT2D eigenvalue weighted by molar-refractivity contribution is 5.78. The van der Waals surface area contributed by atoms with Crippen LogP contribution in [0.3, 0.4) is 0 Å². The van der Waals surface area contributed by atoms with Crippen molar-refractivity contribution in [2.45, 2.75) is 65.2 Å². The van der Waals surface area contributed by atoms with E-state index in [2.05, 4.69) is 12.2 Å². The van der Waals surface area contributed by atoms with Crippen LogP contribution >= 0.6 is 0 Å². The highest BCUT2D eigenvalue weighted by Gasteiger charge is 2.25. The average molecular weight is 269 g/mol. The Labute approximate surface area is 118 Å². The second-order valence-electron chi connectivity index (χ2n) is 5.70. The number of carbonyl (C=O) groups excluding carboxylic acids is 1. The molecule has 1 fully saturated rings. The molecule has 0 aromatic carbocycles. The minimum Gasteiger partial charge on any atom is -0.382 e. The maximum atomic E-state index is 12.0. The predicted octanol–water partition coefficient (Wildman–Crippen LogP) is 3.53. The molecule has 1 rings (SSSR count). The summed E-state index contributed by atoms with van der Waals surface area (Å²) in [5.41, 5.74) is 0. The van der Waals surface area contributed by atoms with E-state index < -0.39 is 0 Å². The molecule has 0 aromatic heterocycles. The van der Waals surface area contributed by atoms with E-state index >= 15 is 0 Å². The molecule has 1 aliphatic carbocycles. The molecule has 112 valence electrons. The molecular formula is C16H31NO2. The first kappa shape index (κ1) is 16.5. The van der Waals surface area contributed by atoms with Crippen LogP contribution in [0.5, 0.6) is 0 Å². The standard InChI is InChI=1S/C16H31NO2/c1-3-5-7-14-8-10-15(11-9-14)16(18)17-12-6-13-19-4-2/h14-15H,3-13H2,1-2H3,(H,17,18). The highest BCUT2D eigenvalue weighted by Crippen LogP contribution is 2.31. The van der Waals surface area contributed by atoms with Gasteiger partial charge in [0.1, 0.15) is 0 Å². The molecule has 0 spiro atoms. The molecule has 3 nitrogen and oxygen atoms in total. The van der Waals surface area contributed by atoms with E-state index in [9.17, 15) is 4.79 Å². The van der Waals surface area contributed by atoms with Crippen LogP contribution < -0.4 is 5.32 Å². The number of amides is 1. The van der Waals surface area contributed by atoms with Gasteiger partial charge in [-0.2, -0.15) is 0 Å². The molecular weight excluding hydrogens is 238 g/mol. The van der Waals surface area contributed by atoms with Gasteiger partial charge < -0.3 is 10.1 Å². The smallest absolute Gasteiger partial charge is 0.223 e. The molecule has 0 atom stereocenters. The van der Waals surface area contributed by atoms with Crippen LogP contribution in [0, 0.1) is 11.8 Å². The lowest BCUT2D eigenvalue weighted by atomic mass is 9.79. The van der Waals surface area contributed by atoms with Crippen LogP contribution in [0.15, 0.2) is 0 Å². The van der Waals surface area contributed by atoms with Crippen molar-refractivity contribution in [3.8, 4) is 0 Å². The summed E-state index contributed by atoms with van der Waals surface area (Å²) in [5, 5.41) is 3.05. The molecule has 1 saturated carbocycles. The summed E-state index contributed by atoms with van der Waals surface area (Å²) in [6.07, 6.45) is 9.59. The number of carbonyl (C=O) groups is 1. The monoisotopic (exact) mass is 269 g/mol. The quantitative estimate of drug-likeness (QED) is 0.650. The number of ether oxygens (including phenoxy) is 1. The van der Waals surface area contributed by atoms with Crippen LogP contribution in [0.1, 0.15) is 65.2 Å². The third kappa shape index (κ3) is 6.95. The lowest BCUT2D eigenvalue weighted by molar-refractivity contribution is -0.126. The van der Waals surface area contributed by atoms with E-state index in [1.54, 1.807) is 0 Å². The van der Waals surface area contributed by atoms with E-state index in [0.717, 1.165) is 44.9 Å². The number of nitrogens with one attached hydrogen (secondary N) is 1. The Morgan fingerprint density at radius 2 is 1.89 bits per heavy atom. The third-order valence-corrected chi connectivity index (χ3v) is 4.15. The first-order chi connectivity index (χ1) is 9.27. The predicted molar refractivity (Wildman–Crippen MR) is 79.1 cm³/mol. The molecule has 0 radical (unpaired) electrons. The minimum absolute atomic E-state index is 0.268. The van der Waals surface area contributed by atoms with E-state index in [0.29, 0.717) is 0 Å². The first-order valence-electron chi connectivity index (χ1n) is 8.13. The molecule has 0 unspecified atom stereocenters. The molecule has 1 N–H and O–H groups in total. The second kappa shape index (κ2) is 10.2. The lowest BCUT2D eigenvalue weighted by Crippen LogP contribution is -2.34. The molecule has 0 heterocycles. The fourth-order valence-corrected chi connectivity index (χ4v) is 2.88. The molecule has 1 amide bonds. The molecule has 0 aromatic rings. The third-order valence-electron chi connectivity index (χ3n) is 4.15. The van der Waals surface area contributed by atoms with E-state index in [1.807, 2.05) is 6.92 Å². The molecule has 1 aliphatic rings. The fraction of sp³-hybridized carbons (Fsp3) is 0.938. The molecule has 0 bridgehead atoms. The summed E-state index contributed by atoms with van der Waals surface area (Å²) < 4.78 is 5.26.